The van der Waals surface area contributed by atoms with Crippen LogP contribution >= 0.6 is 11.6 Å². The van der Waals surface area contributed by atoms with E-state index in [1.165, 1.54) is 6.20 Å². The molecule has 2 heterocycles. The van der Waals surface area contributed by atoms with Crippen molar-refractivity contribution in [2.75, 3.05) is 5.32 Å². The quantitative estimate of drug-likeness (QED) is 0.792. The maximum atomic E-state index is 12.3. The summed E-state index contributed by atoms with van der Waals surface area (Å²) in [6, 6.07) is 12.8. The first-order valence-corrected chi connectivity index (χ1v) is 7.18. The summed E-state index contributed by atoms with van der Waals surface area (Å²) < 4.78 is 1.98. The maximum Gasteiger partial charge on any atom is 0.256 e. The van der Waals surface area contributed by atoms with Gasteiger partial charge in [0.05, 0.1) is 5.02 Å². The van der Waals surface area contributed by atoms with Gasteiger partial charge in [0.15, 0.2) is 0 Å². The van der Waals surface area contributed by atoms with Gasteiger partial charge in [-0.05, 0) is 48.9 Å². The smallest absolute Gasteiger partial charge is 0.256 e. The van der Waals surface area contributed by atoms with E-state index < -0.39 is 0 Å². The van der Waals surface area contributed by atoms with E-state index in [0.29, 0.717) is 16.4 Å². The first-order chi connectivity index (χ1) is 10.6. The highest BCUT2D eigenvalue weighted by molar-refractivity contribution is 6.30. The Morgan fingerprint density at radius 3 is 2.64 bits per heavy atom. The van der Waals surface area contributed by atoms with Crippen LogP contribution in [0.5, 0.6) is 0 Å². The van der Waals surface area contributed by atoms with Crippen LogP contribution in [-0.2, 0) is 0 Å². The molecular weight excluding hydrogens is 298 g/mol. The second kappa shape index (κ2) is 6.03. The van der Waals surface area contributed by atoms with Gasteiger partial charge in [0.1, 0.15) is 5.82 Å². The van der Waals surface area contributed by atoms with Crippen LogP contribution < -0.4 is 5.32 Å². The molecule has 4 nitrogen and oxygen atoms in total. The van der Waals surface area contributed by atoms with Crippen LogP contribution in [-0.4, -0.2) is 15.5 Å². The van der Waals surface area contributed by atoms with Gasteiger partial charge in [0.25, 0.3) is 5.91 Å². The number of hydrogen-bond acceptors (Lipinski definition) is 2. The molecule has 0 spiro atoms. The van der Waals surface area contributed by atoms with E-state index in [4.69, 9.17) is 11.6 Å². The van der Waals surface area contributed by atoms with Crippen LogP contribution in [0.1, 0.15) is 15.9 Å². The highest BCUT2D eigenvalue weighted by Gasteiger charge is 2.10. The van der Waals surface area contributed by atoms with Gasteiger partial charge in [-0.25, -0.2) is 4.98 Å². The van der Waals surface area contributed by atoms with Gasteiger partial charge in [-0.15, -0.1) is 0 Å². The van der Waals surface area contributed by atoms with Crippen LogP contribution in [0, 0.1) is 6.92 Å². The maximum absolute atomic E-state index is 12.3. The predicted molar refractivity (Wildman–Crippen MR) is 87.7 cm³/mol. The molecule has 0 radical (unpaired) electrons. The number of anilines is 1. The molecule has 3 aromatic rings. The lowest BCUT2D eigenvalue weighted by Crippen LogP contribution is -2.13. The average molecular weight is 312 g/mol. The van der Waals surface area contributed by atoms with E-state index in [0.717, 1.165) is 11.3 Å². The van der Waals surface area contributed by atoms with E-state index in [2.05, 4.69) is 10.3 Å². The molecule has 110 valence electrons. The minimum Gasteiger partial charge on any atom is -0.324 e. The van der Waals surface area contributed by atoms with Crippen molar-refractivity contribution in [3.63, 3.8) is 0 Å². The molecule has 0 saturated carbocycles. The van der Waals surface area contributed by atoms with Gasteiger partial charge in [-0.1, -0.05) is 17.7 Å². The largest absolute Gasteiger partial charge is 0.324 e. The zero-order valence-corrected chi connectivity index (χ0v) is 12.7. The lowest BCUT2D eigenvalue weighted by atomic mass is 10.1. The van der Waals surface area contributed by atoms with Crippen molar-refractivity contribution >= 4 is 23.3 Å². The van der Waals surface area contributed by atoms with Crippen LogP contribution in [0.3, 0.4) is 0 Å². The minimum absolute atomic E-state index is 0.205. The zero-order chi connectivity index (χ0) is 15.5. The van der Waals surface area contributed by atoms with E-state index in [9.17, 15) is 4.79 Å². The molecule has 0 saturated heterocycles. The Labute approximate surface area is 133 Å². The van der Waals surface area contributed by atoms with Crippen molar-refractivity contribution < 1.29 is 4.79 Å². The number of pyridine rings is 1. The number of nitrogens with zero attached hydrogens (tertiary/aromatic N) is 2. The molecule has 1 N–H and O–H groups in total. The van der Waals surface area contributed by atoms with E-state index in [-0.39, 0.29) is 5.91 Å². The standard InChI is InChI=1S/C17H14ClN3O/c1-12-4-5-13(10-15(12)21-8-2-3-9-21)17(22)20-16-7-6-14(18)11-19-16/h2-11H,1H3,(H,19,20,22). The molecular formula is C17H14ClN3O. The Morgan fingerprint density at radius 1 is 1.18 bits per heavy atom. The number of aryl methyl sites for hydroxylation is 1. The molecule has 2 aromatic heterocycles. The van der Waals surface area contributed by atoms with E-state index in [1.54, 1.807) is 18.2 Å². The Kier molecular flexibility index (Phi) is 3.94. The summed E-state index contributed by atoms with van der Waals surface area (Å²) >= 11 is 5.78. The number of nitrogens with one attached hydrogen (secondary N) is 1. The number of amides is 1. The second-order valence-electron chi connectivity index (χ2n) is 4.91. The normalized spacial score (nSPS) is 10.5. The molecule has 22 heavy (non-hydrogen) atoms. The van der Waals surface area contributed by atoms with Crippen LogP contribution in [0.4, 0.5) is 5.82 Å². The zero-order valence-electron chi connectivity index (χ0n) is 12.0. The van der Waals surface area contributed by atoms with E-state index >= 15 is 0 Å². The van der Waals surface area contributed by atoms with Crippen molar-refractivity contribution in [3.8, 4) is 5.69 Å². The third-order valence-electron chi connectivity index (χ3n) is 3.32. The van der Waals surface area contributed by atoms with Crippen LogP contribution in [0.2, 0.25) is 5.02 Å². The summed E-state index contributed by atoms with van der Waals surface area (Å²) in [5.41, 5.74) is 2.64. The molecule has 1 aromatic carbocycles. The fraction of sp³-hybridized carbons (Fsp3) is 0.0588. The fourth-order valence-corrected chi connectivity index (χ4v) is 2.27. The van der Waals surface area contributed by atoms with Crippen LogP contribution in [0.25, 0.3) is 5.69 Å². The number of aromatic nitrogens is 2. The summed E-state index contributed by atoms with van der Waals surface area (Å²) in [6.07, 6.45) is 5.40. The first-order valence-electron chi connectivity index (χ1n) is 6.80. The van der Waals surface area contributed by atoms with Crippen molar-refractivity contribution in [2.45, 2.75) is 6.92 Å². The van der Waals surface area contributed by atoms with Gasteiger partial charge in [0.2, 0.25) is 0 Å². The number of carbonyl (C=O) groups is 1. The number of hydrogen-bond donors (Lipinski definition) is 1. The molecule has 0 aliphatic heterocycles. The van der Waals surface area contributed by atoms with Gasteiger partial charge in [-0.3, -0.25) is 4.79 Å². The third kappa shape index (κ3) is 3.02. The first kappa shape index (κ1) is 14.4. The van der Waals surface area contributed by atoms with Gasteiger partial charge in [-0.2, -0.15) is 0 Å². The van der Waals surface area contributed by atoms with Crippen molar-refractivity contribution in [3.05, 3.63) is 77.2 Å². The fourth-order valence-electron chi connectivity index (χ4n) is 2.16. The molecule has 0 fully saturated rings. The predicted octanol–water partition coefficient (Wildman–Crippen LogP) is 4.09. The molecule has 0 unspecified atom stereocenters. The molecule has 0 atom stereocenters. The molecule has 0 aliphatic carbocycles. The summed E-state index contributed by atoms with van der Waals surface area (Å²) in [6.45, 7) is 2.01. The van der Waals surface area contributed by atoms with Crippen LogP contribution in [0.15, 0.2) is 61.1 Å². The molecule has 0 bridgehead atoms. The third-order valence-corrected chi connectivity index (χ3v) is 3.55. The highest BCUT2D eigenvalue weighted by Crippen LogP contribution is 2.18. The van der Waals surface area contributed by atoms with Crippen molar-refractivity contribution in [1.29, 1.82) is 0 Å². The number of halogens is 1. The Hall–Kier alpha value is -2.59. The number of rotatable bonds is 3. The molecule has 0 aliphatic rings. The average Bonchev–Trinajstić information content (AvgIpc) is 3.04. The summed E-state index contributed by atoms with van der Waals surface area (Å²) in [7, 11) is 0. The second-order valence-corrected chi connectivity index (χ2v) is 5.34. The Morgan fingerprint density at radius 2 is 1.95 bits per heavy atom. The summed E-state index contributed by atoms with van der Waals surface area (Å²) in [5, 5.41) is 3.29. The molecule has 5 heteroatoms. The summed E-state index contributed by atoms with van der Waals surface area (Å²) in [5.74, 6) is 0.265. The van der Waals surface area contributed by atoms with E-state index in [1.807, 2.05) is 48.1 Å². The minimum atomic E-state index is -0.205. The highest BCUT2D eigenvalue weighted by atomic mass is 35.5. The van der Waals surface area contributed by atoms with Crippen molar-refractivity contribution in [1.82, 2.24) is 9.55 Å². The number of benzene rings is 1. The summed E-state index contributed by atoms with van der Waals surface area (Å²) in [4.78, 5) is 16.4. The monoisotopic (exact) mass is 311 g/mol. The van der Waals surface area contributed by atoms with Gasteiger partial charge >= 0.3 is 0 Å². The number of carbonyl (C=O) groups excluding carboxylic acids is 1. The Bertz CT molecular complexity index is 795. The topological polar surface area (TPSA) is 46.9 Å². The lowest BCUT2D eigenvalue weighted by molar-refractivity contribution is 0.102. The SMILES string of the molecule is Cc1ccc(C(=O)Nc2ccc(Cl)cn2)cc1-n1cccc1. The lowest BCUT2D eigenvalue weighted by Gasteiger charge is -2.10. The van der Waals surface area contributed by atoms with Crippen molar-refractivity contribution in [2.24, 2.45) is 0 Å². The molecule has 3 rings (SSSR count). The molecule has 1 amide bonds. The van der Waals surface area contributed by atoms with Gasteiger partial charge < -0.3 is 9.88 Å². The van der Waals surface area contributed by atoms with Gasteiger partial charge in [0, 0.05) is 29.8 Å². The Balaban J connectivity index is 1.87.